The number of ether oxygens (including phenoxy) is 1. The van der Waals surface area contributed by atoms with E-state index in [0.29, 0.717) is 5.92 Å². The van der Waals surface area contributed by atoms with E-state index < -0.39 is 0 Å². The van der Waals surface area contributed by atoms with E-state index in [1.165, 1.54) is 0 Å². The molecule has 3 rings (SSSR count). The molecule has 0 spiro atoms. The molecule has 1 aliphatic rings. The summed E-state index contributed by atoms with van der Waals surface area (Å²) in [5.41, 5.74) is 1.07. The Morgan fingerprint density at radius 1 is 1.35 bits per heavy atom. The van der Waals surface area contributed by atoms with Crippen LogP contribution in [0.3, 0.4) is 0 Å². The molecule has 4 heteroatoms. The summed E-state index contributed by atoms with van der Waals surface area (Å²) in [5, 5.41) is 0.738. The van der Waals surface area contributed by atoms with Gasteiger partial charge in [-0.05, 0) is 30.9 Å². The molecule has 2 aromatic rings. The first-order chi connectivity index (χ1) is 8.34. The van der Waals surface area contributed by atoms with Gasteiger partial charge in [0.15, 0.2) is 0 Å². The van der Waals surface area contributed by atoms with Crippen LogP contribution >= 0.6 is 11.6 Å². The predicted molar refractivity (Wildman–Crippen MR) is 67.4 cm³/mol. The van der Waals surface area contributed by atoms with Gasteiger partial charge in [-0.1, -0.05) is 17.7 Å². The molecule has 3 heterocycles. The van der Waals surface area contributed by atoms with Crippen LogP contribution in [0, 0.1) is 5.92 Å². The second-order valence-corrected chi connectivity index (χ2v) is 4.93. The summed E-state index contributed by atoms with van der Waals surface area (Å²) in [6, 6.07) is 5.90. The molecule has 0 bridgehead atoms. The number of nitrogens with zero attached hydrogens (tertiary/aromatic N) is 2. The Bertz CT molecular complexity index is 517. The van der Waals surface area contributed by atoms with Gasteiger partial charge in [0.2, 0.25) is 0 Å². The van der Waals surface area contributed by atoms with Gasteiger partial charge >= 0.3 is 0 Å². The average Bonchev–Trinajstić information content (AvgIpc) is 2.75. The fraction of sp³-hybridized carbons (Fsp3) is 0.462. The Kier molecular flexibility index (Phi) is 3.04. The van der Waals surface area contributed by atoms with Crippen molar-refractivity contribution in [3.05, 3.63) is 35.4 Å². The zero-order chi connectivity index (χ0) is 11.7. The molecule has 0 amide bonds. The quantitative estimate of drug-likeness (QED) is 0.766. The van der Waals surface area contributed by atoms with Crippen LogP contribution in [0.2, 0.25) is 5.15 Å². The predicted octanol–water partition coefficient (Wildman–Crippen LogP) is 2.96. The number of aromatic nitrogens is 2. The highest BCUT2D eigenvalue weighted by atomic mass is 35.5. The lowest BCUT2D eigenvalue weighted by Crippen LogP contribution is -2.18. The van der Waals surface area contributed by atoms with Gasteiger partial charge in [-0.25, -0.2) is 4.98 Å². The molecular weight excluding hydrogens is 236 g/mol. The monoisotopic (exact) mass is 250 g/mol. The highest BCUT2D eigenvalue weighted by molar-refractivity contribution is 6.29. The lowest BCUT2D eigenvalue weighted by Gasteiger charge is -2.21. The fourth-order valence-electron chi connectivity index (χ4n) is 2.42. The fourth-order valence-corrected chi connectivity index (χ4v) is 2.69. The van der Waals surface area contributed by atoms with Crippen molar-refractivity contribution in [1.82, 2.24) is 9.38 Å². The number of halogens is 1. The number of imidazole rings is 1. The summed E-state index contributed by atoms with van der Waals surface area (Å²) in [6.07, 6.45) is 5.13. The van der Waals surface area contributed by atoms with Crippen LogP contribution in [0.4, 0.5) is 0 Å². The SMILES string of the molecule is Clc1cccc2cnc(CC3CCOCC3)n12. The van der Waals surface area contributed by atoms with E-state index >= 15 is 0 Å². The third-order valence-corrected chi connectivity index (χ3v) is 3.68. The molecule has 0 radical (unpaired) electrons. The van der Waals surface area contributed by atoms with Gasteiger partial charge in [-0.2, -0.15) is 0 Å². The Morgan fingerprint density at radius 2 is 2.18 bits per heavy atom. The minimum Gasteiger partial charge on any atom is -0.381 e. The van der Waals surface area contributed by atoms with Crippen molar-refractivity contribution in [3.8, 4) is 0 Å². The standard InChI is InChI=1S/C13H15ClN2O/c14-12-3-1-2-11-9-15-13(16(11)12)8-10-4-6-17-7-5-10/h1-3,9-10H,4-8H2. The second kappa shape index (κ2) is 4.67. The molecule has 0 atom stereocenters. The number of hydrogen-bond acceptors (Lipinski definition) is 2. The Morgan fingerprint density at radius 3 is 3.00 bits per heavy atom. The number of pyridine rings is 1. The van der Waals surface area contributed by atoms with Gasteiger partial charge in [0.05, 0.1) is 11.7 Å². The van der Waals surface area contributed by atoms with E-state index in [-0.39, 0.29) is 0 Å². The van der Waals surface area contributed by atoms with Crippen LogP contribution in [-0.2, 0) is 11.2 Å². The van der Waals surface area contributed by atoms with Gasteiger partial charge in [-0.3, -0.25) is 4.40 Å². The Labute approximate surface area is 105 Å². The molecule has 0 aromatic carbocycles. The summed E-state index contributed by atoms with van der Waals surface area (Å²) >= 11 is 6.22. The lowest BCUT2D eigenvalue weighted by atomic mass is 9.96. The molecule has 90 valence electrons. The molecular formula is C13H15ClN2O. The van der Waals surface area contributed by atoms with E-state index in [9.17, 15) is 0 Å². The van der Waals surface area contributed by atoms with E-state index in [1.807, 2.05) is 28.8 Å². The molecule has 17 heavy (non-hydrogen) atoms. The first-order valence-electron chi connectivity index (χ1n) is 6.03. The molecule has 1 saturated heterocycles. The third kappa shape index (κ3) is 2.17. The average molecular weight is 251 g/mol. The summed E-state index contributed by atoms with van der Waals surface area (Å²) in [4.78, 5) is 4.49. The van der Waals surface area contributed by atoms with Crippen molar-refractivity contribution in [1.29, 1.82) is 0 Å². The molecule has 2 aromatic heterocycles. The zero-order valence-corrected chi connectivity index (χ0v) is 10.4. The third-order valence-electron chi connectivity index (χ3n) is 3.39. The smallest absolute Gasteiger partial charge is 0.114 e. The van der Waals surface area contributed by atoms with E-state index in [2.05, 4.69) is 4.98 Å². The Balaban J connectivity index is 1.89. The van der Waals surface area contributed by atoms with Crippen molar-refractivity contribution in [2.24, 2.45) is 5.92 Å². The van der Waals surface area contributed by atoms with Crippen molar-refractivity contribution in [2.75, 3.05) is 13.2 Å². The molecule has 0 unspecified atom stereocenters. The zero-order valence-electron chi connectivity index (χ0n) is 9.60. The second-order valence-electron chi connectivity index (χ2n) is 4.54. The van der Waals surface area contributed by atoms with Crippen LogP contribution < -0.4 is 0 Å². The maximum Gasteiger partial charge on any atom is 0.114 e. The summed E-state index contributed by atoms with van der Waals surface area (Å²) < 4.78 is 7.42. The van der Waals surface area contributed by atoms with Gasteiger partial charge in [-0.15, -0.1) is 0 Å². The van der Waals surface area contributed by atoms with Crippen molar-refractivity contribution >= 4 is 17.1 Å². The number of hydrogen-bond donors (Lipinski definition) is 0. The maximum absolute atomic E-state index is 6.22. The van der Waals surface area contributed by atoms with Gasteiger partial charge in [0.25, 0.3) is 0 Å². The Hall–Kier alpha value is -1.06. The lowest BCUT2D eigenvalue weighted by molar-refractivity contribution is 0.0659. The number of fused-ring (bicyclic) bond motifs is 1. The van der Waals surface area contributed by atoms with E-state index in [0.717, 1.165) is 49.0 Å². The van der Waals surface area contributed by atoms with Crippen molar-refractivity contribution in [2.45, 2.75) is 19.3 Å². The first kappa shape index (κ1) is 11.1. The highest BCUT2D eigenvalue weighted by Crippen LogP contribution is 2.22. The minimum atomic E-state index is 0.672. The van der Waals surface area contributed by atoms with Crippen LogP contribution in [-0.4, -0.2) is 22.6 Å². The van der Waals surface area contributed by atoms with Gasteiger partial charge < -0.3 is 4.74 Å². The van der Waals surface area contributed by atoms with Gasteiger partial charge in [0, 0.05) is 19.6 Å². The van der Waals surface area contributed by atoms with E-state index in [4.69, 9.17) is 16.3 Å². The maximum atomic E-state index is 6.22. The molecule has 0 N–H and O–H groups in total. The molecule has 0 saturated carbocycles. The molecule has 0 aliphatic carbocycles. The first-order valence-corrected chi connectivity index (χ1v) is 6.41. The summed E-state index contributed by atoms with van der Waals surface area (Å²) in [5.74, 6) is 1.74. The highest BCUT2D eigenvalue weighted by Gasteiger charge is 2.17. The van der Waals surface area contributed by atoms with E-state index in [1.54, 1.807) is 0 Å². The topological polar surface area (TPSA) is 26.5 Å². The summed E-state index contributed by atoms with van der Waals surface area (Å²) in [6.45, 7) is 1.75. The molecule has 1 fully saturated rings. The largest absolute Gasteiger partial charge is 0.381 e. The summed E-state index contributed by atoms with van der Waals surface area (Å²) in [7, 11) is 0. The number of rotatable bonds is 2. The normalized spacial score (nSPS) is 17.7. The van der Waals surface area contributed by atoms with Crippen molar-refractivity contribution in [3.63, 3.8) is 0 Å². The molecule has 1 aliphatic heterocycles. The minimum absolute atomic E-state index is 0.672. The molecule has 3 nitrogen and oxygen atoms in total. The van der Waals surface area contributed by atoms with Crippen LogP contribution in [0.25, 0.3) is 5.52 Å². The van der Waals surface area contributed by atoms with Crippen molar-refractivity contribution < 1.29 is 4.74 Å². The van der Waals surface area contributed by atoms with Crippen LogP contribution in [0.1, 0.15) is 18.7 Å². The van der Waals surface area contributed by atoms with Gasteiger partial charge in [0.1, 0.15) is 11.0 Å². The van der Waals surface area contributed by atoms with Crippen LogP contribution in [0.5, 0.6) is 0 Å². The van der Waals surface area contributed by atoms with Crippen LogP contribution in [0.15, 0.2) is 24.4 Å².